The third kappa shape index (κ3) is 3.19. The molecule has 3 aromatic carbocycles. The van der Waals surface area contributed by atoms with E-state index >= 15 is 0 Å². The van der Waals surface area contributed by atoms with Crippen molar-refractivity contribution in [1.82, 2.24) is 0 Å². The normalized spacial score (nSPS) is 18.9. The number of allylic oxidation sites excluding steroid dienone is 2. The number of rotatable bonds is 4. The van der Waals surface area contributed by atoms with Crippen LogP contribution in [-0.2, 0) is 17.4 Å². The van der Waals surface area contributed by atoms with E-state index in [1.165, 1.54) is 15.3 Å². The van der Waals surface area contributed by atoms with E-state index in [2.05, 4.69) is 117 Å². The van der Waals surface area contributed by atoms with Gasteiger partial charge >= 0.3 is 171 Å². The van der Waals surface area contributed by atoms with Crippen LogP contribution < -0.4 is 3.27 Å². The van der Waals surface area contributed by atoms with Gasteiger partial charge < -0.3 is 0 Å². The van der Waals surface area contributed by atoms with Crippen LogP contribution in [0.3, 0.4) is 0 Å². The van der Waals surface area contributed by atoms with Crippen molar-refractivity contribution in [2.45, 2.75) is 18.3 Å². The Kier molecular flexibility index (Phi) is 6.85. The second kappa shape index (κ2) is 8.75. The molecule has 0 aliphatic heterocycles. The van der Waals surface area contributed by atoms with Gasteiger partial charge in [-0.1, -0.05) is 0 Å². The van der Waals surface area contributed by atoms with E-state index in [9.17, 15) is 0 Å². The number of halogens is 2. The molecule has 0 saturated carbocycles. The molecule has 154 valence electrons. The van der Waals surface area contributed by atoms with Crippen LogP contribution in [0, 0.1) is 0 Å². The number of benzene rings is 3. The van der Waals surface area contributed by atoms with Gasteiger partial charge in [0.05, 0.1) is 0 Å². The largest absolute Gasteiger partial charge is 0.147 e. The summed E-state index contributed by atoms with van der Waals surface area (Å²) in [5.41, 5.74) is 5.93. The molecule has 0 saturated heterocycles. The molecular formula is C26H28Cl2SiZr. The van der Waals surface area contributed by atoms with Crippen LogP contribution in [0.4, 0.5) is 0 Å². The fourth-order valence-corrected chi connectivity index (χ4v) is 27.8. The van der Waals surface area contributed by atoms with Crippen molar-refractivity contribution >= 4 is 47.1 Å². The Morgan fingerprint density at radius 3 is 1.57 bits per heavy atom. The molecule has 0 aromatic heterocycles. The van der Waals surface area contributed by atoms with Crippen LogP contribution in [0.15, 0.2) is 91.0 Å². The molecular weight excluding hydrogens is 503 g/mol. The minimum atomic E-state index is -3.64. The fraction of sp³-hybridized carbons (Fsp3) is 0.154. The molecule has 2 atom stereocenters. The molecule has 3 aromatic rings. The molecule has 0 fully saturated rings. The second-order valence-electron chi connectivity index (χ2n) is 8.53. The molecule has 0 bridgehead atoms. The first-order valence-corrected chi connectivity index (χ1v) is 22.0. The Morgan fingerprint density at radius 2 is 1.10 bits per heavy atom. The van der Waals surface area contributed by atoms with E-state index in [0.29, 0.717) is 7.25 Å². The van der Waals surface area contributed by atoms with Crippen molar-refractivity contribution in [3.05, 3.63) is 113 Å². The molecule has 2 aliphatic rings. The van der Waals surface area contributed by atoms with Gasteiger partial charge in [0, 0.05) is 0 Å². The van der Waals surface area contributed by atoms with Crippen molar-refractivity contribution in [1.29, 1.82) is 0 Å². The molecule has 0 heterocycles. The SMILES string of the molecule is C[CH2][Zr](=[SiH2])([c]1ccccc1)([CH]1C=Cc2ccccc21)[CH]1C=Cc2ccccc21.Cl.Cl. The zero-order chi connectivity index (χ0) is 19.2. The third-order valence-electron chi connectivity index (χ3n) is 7.50. The molecule has 0 N–H and O–H groups in total. The molecule has 0 amide bonds. The first-order valence-electron chi connectivity index (χ1n) is 10.3. The van der Waals surface area contributed by atoms with Gasteiger partial charge in [0.1, 0.15) is 0 Å². The topological polar surface area (TPSA) is 0 Å². The van der Waals surface area contributed by atoms with Crippen LogP contribution >= 0.6 is 24.8 Å². The van der Waals surface area contributed by atoms with Crippen molar-refractivity contribution in [2.75, 3.05) is 0 Å². The number of fused-ring (bicyclic) bond motifs is 2. The maximum Gasteiger partial charge on any atom is -0.147 e. The van der Waals surface area contributed by atoms with Crippen molar-refractivity contribution < 1.29 is 17.4 Å². The summed E-state index contributed by atoms with van der Waals surface area (Å²) >= 11 is -3.64. The summed E-state index contributed by atoms with van der Waals surface area (Å²) in [5, 5.41) is 0. The van der Waals surface area contributed by atoms with E-state index in [-0.39, 0.29) is 24.8 Å². The summed E-state index contributed by atoms with van der Waals surface area (Å²) in [6.45, 7) is 4.90. The quantitative estimate of drug-likeness (QED) is 0.344. The Hall–Kier alpha value is -1.18. The minimum Gasteiger partial charge on any atom is -0.147 e. The smallest absolute Gasteiger partial charge is 0.147 e. The Morgan fingerprint density at radius 1 is 0.667 bits per heavy atom. The predicted molar refractivity (Wildman–Crippen MR) is 136 cm³/mol. The molecule has 30 heavy (non-hydrogen) atoms. The Bertz CT molecular complexity index is 1110. The van der Waals surface area contributed by atoms with Gasteiger partial charge in [-0.2, -0.15) is 0 Å². The second-order valence-corrected chi connectivity index (χ2v) is 33.8. The Labute approximate surface area is 194 Å². The Balaban J connectivity index is 0.00000128. The number of hydrogen-bond acceptors (Lipinski definition) is 0. The van der Waals surface area contributed by atoms with Crippen LogP contribution in [-0.4, -0.2) is 6.88 Å². The monoisotopic (exact) mass is 528 g/mol. The molecule has 2 unspecified atom stereocenters. The van der Waals surface area contributed by atoms with Crippen molar-refractivity contribution in [2.24, 2.45) is 0 Å². The zero-order valence-electron chi connectivity index (χ0n) is 17.2. The van der Waals surface area contributed by atoms with Crippen LogP contribution in [0.25, 0.3) is 12.2 Å². The summed E-state index contributed by atoms with van der Waals surface area (Å²) in [7, 11) is 0. The molecule has 0 nitrogen and oxygen atoms in total. The first kappa shape index (κ1) is 23.5. The van der Waals surface area contributed by atoms with Crippen LogP contribution in [0.2, 0.25) is 4.13 Å². The summed E-state index contributed by atoms with van der Waals surface area (Å²) < 4.78 is 4.01. The van der Waals surface area contributed by atoms with Gasteiger partial charge in [0.25, 0.3) is 0 Å². The van der Waals surface area contributed by atoms with Gasteiger partial charge in [0.15, 0.2) is 0 Å². The molecule has 5 rings (SSSR count). The van der Waals surface area contributed by atoms with E-state index in [1.54, 1.807) is 14.4 Å². The van der Waals surface area contributed by atoms with Gasteiger partial charge in [-0.05, 0) is 0 Å². The van der Waals surface area contributed by atoms with Gasteiger partial charge in [-0.3, -0.25) is 0 Å². The average molecular weight is 531 g/mol. The third-order valence-corrected chi connectivity index (χ3v) is 36.7. The van der Waals surface area contributed by atoms with Crippen molar-refractivity contribution in [3.63, 3.8) is 0 Å². The average Bonchev–Trinajstić information content (AvgIpc) is 3.39. The van der Waals surface area contributed by atoms with E-state index < -0.39 is 17.4 Å². The summed E-state index contributed by atoms with van der Waals surface area (Å²) in [6.07, 6.45) is 9.86. The molecule has 0 spiro atoms. The van der Waals surface area contributed by atoms with E-state index in [4.69, 9.17) is 0 Å². The molecule has 4 heteroatoms. The van der Waals surface area contributed by atoms with Gasteiger partial charge in [-0.15, -0.1) is 24.8 Å². The maximum atomic E-state index is 2.55. The summed E-state index contributed by atoms with van der Waals surface area (Å²) in [6, 6.07) is 29.7. The molecule has 2 aliphatic carbocycles. The van der Waals surface area contributed by atoms with Crippen molar-refractivity contribution in [3.8, 4) is 0 Å². The predicted octanol–water partition coefficient (Wildman–Crippen LogP) is 6.37. The fourth-order valence-electron chi connectivity index (χ4n) is 5.82. The summed E-state index contributed by atoms with van der Waals surface area (Å²) in [5.74, 6) is 0. The standard InChI is InChI=1S/2C9H7.C6H5.C2H5.2ClH.H2Si.Zr/c2*1-2-5-9-7-3-6-8(9)4-1;1-2-4-6-5-3-1;1-2;;;;/h2*1-7H;1-5H;1H2,2H3;2*1H;1H2;. The molecule has 0 radical (unpaired) electrons. The van der Waals surface area contributed by atoms with Gasteiger partial charge in [0.2, 0.25) is 0 Å². The first-order chi connectivity index (χ1) is 13.7. The maximum absolute atomic E-state index is 3.64. The summed E-state index contributed by atoms with van der Waals surface area (Å²) in [4.78, 5) is 0. The van der Waals surface area contributed by atoms with E-state index in [1.807, 2.05) is 0 Å². The van der Waals surface area contributed by atoms with E-state index in [0.717, 1.165) is 0 Å². The van der Waals surface area contributed by atoms with Gasteiger partial charge in [-0.25, -0.2) is 0 Å². The van der Waals surface area contributed by atoms with Crippen LogP contribution in [0.1, 0.15) is 36.4 Å². The number of hydrogen-bond donors (Lipinski definition) is 0. The van der Waals surface area contributed by atoms with Crippen LogP contribution in [0.5, 0.6) is 0 Å². The minimum absolute atomic E-state index is 0. The zero-order valence-corrected chi connectivity index (χ0v) is 22.7.